The van der Waals surface area contributed by atoms with Crippen molar-refractivity contribution in [3.8, 4) is 5.75 Å². The molecular formula is C11H7NO2. The van der Waals surface area contributed by atoms with Gasteiger partial charge >= 0.3 is 0 Å². The highest BCUT2D eigenvalue weighted by atomic mass is 16.5. The maximum atomic E-state index is 11.1. The van der Waals surface area contributed by atoms with Crippen LogP contribution < -0.4 is 15.2 Å². The summed E-state index contributed by atoms with van der Waals surface area (Å²) in [6.07, 6.45) is 5.28. The maximum absolute atomic E-state index is 11.1. The van der Waals surface area contributed by atoms with Crippen LogP contribution in [0.1, 0.15) is 0 Å². The Labute approximate surface area is 80.0 Å². The number of fused-ring (bicyclic) bond motifs is 2. The Hall–Kier alpha value is -1.90. The number of nitrogens with zero attached hydrogens (tertiary/aromatic N) is 1. The summed E-state index contributed by atoms with van der Waals surface area (Å²) < 4.78 is 5.30. The topological polar surface area (TPSA) is 38.7 Å². The smallest absolute Gasteiger partial charge is 0.193 e. The number of Topliss-reactive ketones (excluding diaryl/α,β-unsaturated/α-hetero) is 1. The van der Waals surface area contributed by atoms with Crippen molar-refractivity contribution >= 4 is 29.8 Å². The lowest BCUT2D eigenvalue weighted by atomic mass is 10.1. The van der Waals surface area contributed by atoms with Crippen molar-refractivity contribution in [3.63, 3.8) is 0 Å². The Morgan fingerprint density at radius 1 is 1.29 bits per heavy atom. The first-order valence-electron chi connectivity index (χ1n) is 4.39. The molecule has 3 rings (SSSR count). The Bertz CT molecular complexity index is 570. The summed E-state index contributed by atoms with van der Waals surface area (Å²) in [6.45, 7) is 0.145. The molecule has 3 nitrogen and oxygen atoms in total. The van der Waals surface area contributed by atoms with Crippen LogP contribution in [0.25, 0.3) is 12.2 Å². The maximum Gasteiger partial charge on any atom is 0.193 e. The fourth-order valence-electron chi connectivity index (χ4n) is 1.65. The van der Waals surface area contributed by atoms with Gasteiger partial charge in [-0.15, -0.1) is 0 Å². The third-order valence-electron chi connectivity index (χ3n) is 2.31. The van der Waals surface area contributed by atoms with Gasteiger partial charge in [-0.3, -0.25) is 9.79 Å². The normalized spacial score (nSPS) is 16.4. The second kappa shape index (κ2) is 2.54. The van der Waals surface area contributed by atoms with E-state index in [0.29, 0.717) is 0 Å². The molecule has 0 bridgehead atoms. The van der Waals surface area contributed by atoms with Crippen LogP contribution in [0.4, 0.5) is 5.69 Å². The van der Waals surface area contributed by atoms with E-state index in [0.717, 1.165) is 21.9 Å². The zero-order chi connectivity index (χ0) is 9.54. The number of rotatable bonds is 0. The van der Waals surface area contributed by atoms with E-state index in [1.165, 1.54) is 0 Å². The molecule has 0 aliphatic carbocycles. The van der Waals surface area contributed by atoms with Gasteiger partial charge in [-0.1, -0.05) is 0 Å². The standard InChI is InChI=1S/C11H7NO2/c13-9-3-8-4-10-7(1-2-12-10)5-11(8)14-6-9/h1-5H,6H2. The van der Waals surface area contributed by atoms with Gasteiger partial charge in [0, 0.05) is 16.7 Å². The van der Waals surface area contributed by atoms with Crippen LogP contribution in [0.5, 0.6) is 5.75 Å². The third kappa shape index (κ3) is 0.988. The molecule has 0 fully saturated rings. The van der Waals surface area contributed by atoms with Gasteiger partial charge < -0.3 is 4.74 Å². The molecule has 1 aromatic carbocycles. The van der Waals surface area contributed by atoms with Crippen molar-refractivity contribution < 1.29 is 9.53 Å². The fraction of sp³-hybridized carbons (Fsp3) is 0.0909. The van der Waals surface area contributed by atoms with E-state index in [-0.39, 0.29) is 12.4 Å². The highest BCUT2D eigenvalue weighted by Crippen LogP contribution is 2.11. The van der Waals surface area contributed by atoms with Gasteiger partial charge in [0.05, 0.1) is 5.69 Å². The number of hydrogen-bond acceptors (Lipinski definition) is 3. The van der Waals surface area contributed by atoms with Crippen molar-refractivity contribution in [2.45, 2.75) is 0 Å². The Kier molecular flexibility index (Phi) is 1.36. The molecule has 0 N–H and O–H groups in total. The number of carbonyl (C=O) groups is 1. The number of ether oxygens (including phenoxy) is 1. The monoisotopic (exact) mass is 185 g/mol. The first-order valence-corrected chi connectivity index (χ1v) is 4.39. The van der Waals surface area contributed by atoms with Gasteiger partial charge in [0.1, 0.15) is 5.75 Å². The number of hydrogen-bond donors (Lipinski definition) is 0. The van der Waals surface area contributed by atoms with Crippen molar-refractivity contribution in [1.29, 1.82) is 0 Å². The minimum atomic E-state index is 0.00315. The predicted molar refractivity (Wildman–Crippen MR) is 53.3 cm³/mol. The molecule has 0 spiro atoms. The number of carbonyl (C=O) groups excluding carboxylic acids is 1. The van der Waals surface area contributed by atoms with Crippen molar-refractivity contribution in [2.24, 2.45) is 4.99 Å². The highest BCUT2D eigenvalue weighted by Gasteiger charge is 2.11. The molecule has 68 valence electrons. The van der Waals surface area contributed by atoms with E-state index in [2.05, 4.69) is 4.99 Å². The Balaban J connectivity index is 2.36. The quantitative estimate of drug-likeness (QED) is 0.567. The summed E-state index contributed by atoms with van der Waals surface area (Å²) in [4.78, 5) is 15.3. The molecule has 0 saturated heterocycles. The van der Waals surface area contributed by atoms with Gasteiger partial charge in [-0.2, -0.15) is 0 Å². The Morgan fingerprint density at radius 3 is 3.14 bits per heavy atom. The van der Waals surface area contributed by atoms with Crippen LogP contribution in [0, 0.1) is 0 Å². The van der Waals surface area contributed by atoms with Crippen LogP contribution in [0.15, 0.2) is 17.1 Å². The average molecular weight is 185 g/mol. The van der Waals surface area contributed by atoms with E-state index in [1.54, 1.807) is 12.3 Å². The molecular weight excluding hydrogens is 178 g/mol. The predicted octanol–water partition coefficient (Wildman–Crippen LogP) is -0.0750. The number of benzene rings is 1. The minimum absolute atomic E-state index is 0.00315. The third-order valence-corrected chi connectivity index (χ3v) is 2.31. The van der Waals surface area contributed by atoms with Gasteiger partial charge in [-0.25, -0.2) is 0 Å². The minimum Gasteiger partial charge on any atom is -0.485 e. The van der Waals surface area contributed by atoms with Crippen LogP contribution >= 0.6 is 0 Å². The lowest BCUT2D eigenvalue weighted by Crippen LogP contribution is -2.24. The van der Waals surface area contributed by atoms with Crippen molar-refractivity contribution in [2.75, 3.05) is 6.61 Å². The summed E-state index contributed by atoms with van der Waals surface area (Å²) in [7, 11) is 0. The van der Waals surface area contributed by atoms with E-state index >= 15 is 0 Å². The second-order valence-electron chi connectivity index (χ2n) is 3.29. The molecule has 3 heteroatoms. The van der Waals surface area contributed by atoms with E-state index in [4.69, 9.17) is 4.74 Å². The van der Waals surface area contributed by atoms with Gasteiger partial charge in [0.15, 0.2) is 12.4 Å². The molecule has 0 unspecified atom stereocenters. The first kappa shape index (κ1) is 7.50. The molecule has 0 amide bonds. The second-order valence-corrected chi connectivity index (χ2v) is 3.29. The molecule has 0 aromatic heterocycles. The molecule has 14 heavy (non-hydrogen) atoms. The van der Waals surface area contributed by atoms with Gasteiger partial charge in [0.2, 0.25) is 0 Å². The molecule has 2 aliphatic heterocycles. The van der Waals surface area contributed by atoms with Gasteiger partial charge in [0.25, 0.3) is 0 Å². The summed E-state index contributed by atoms with van der Waals surface area (Å²) in [5, 5.41) is 1.87. The average Bonchev–Trinajstić information content (AvgIpc) is 2.61. The van der Waals surface area contributed by atoms with Crippen LogP contribution in [-0.4, -0.2) is 18.6 Å². The highest BCUT2D eigenvalue weighted by molar-refractivity contribution is 6.08. The zero-order valence-corrected chi connectivity index (χ0v) is 7.36. The van der Waals surface area contributed by atoms with Crippen molar-refractivity contribution in [1.82, 2.24) is 0 Å². The molecule has 0 atom stereocenters. The first-order chi connectivity index (χ1) is 6.83. The fourth-order valence-corrected chi connectivity index (χ4v) is 1.65. The lowest BCUT2D eigenvalue weighted by Gasteiger charge is -2.10. The largest absolute Gasteiger partial charge is 0.485 e. The lowest BCUT2D eigenvalue weighted by molar-refractivity contribution is -0.115. The molecule has 0 radical (unpaired) electrons. The van der Waals surface area contributed by atoms with Crippen LogP contribution in [0.3, 0.4) is 0 Å². The molecule has 0 saturated carbocycles. The van der Waals surface area contributed by atoms with Crippen molar-refractivity contribution in [3.05, 3.63) is 22.6 Å². The molecule has 2 aliphatic rings. The summed E-state index contributed by atoms with van der Waals surface area (Å²) in [5.41, 5.74) is 0.901. The molecule has 1 aromatic rings. The zero-order valence-electron chi connectivity index (χ0n) is 7.36. The van der Waals surface area contributed by atoms with E-state index < -0.39 is 0 Å². The summed E-state index contributed by atoms with van der Waals surface area (Å²) >= 11 is 0. The van der Waals surface area contributed by atoms with Crippen LogP contribution in [-0.2, 0) is 4.79 Å². The number of ketones is 1. The van der Waals surface area contributed by atoms with E-state index in [9.17, 15) is 4.79 Å². The van der Waals surface area contributed by atoms with Gasteiger partial charge in [-0.05, 0) is 24.3 Å². The summed E-state index contributed by atoms with van der Waals surface area (Å²) in [5.74, 6) is 0.772. The number of aliphatic imine (C=N–C) groups is 1. The van der Waals surface area contributed by atoms with E-state index in [1.807, 2.05) is 18.2 Å². The Morgan fingerprint density at radius 2 is 2.21 bits per heavy atom. The van der Waals surface area contributed by atoms with Crippen LogP contribution in [0.2, 0.25) is 0 Å². The molecule has 2 heterocycles. The summed E-state index contributed by atoms with van der Waals surface area (Å²) in [6, 6.07) is 3.79. The SMILES string of the molecule is O=C1C=c2cc3c(cc2OC1)=CC=N3.